The average Bonchev–Trinajstić information content (AvgIpc) is 2.49. The van der Waals surface area contributed by atoms with E-state index in [0.29, 0.717) is 6.54 Å². The molecule has 2 rings (SSSR count). The van der Waals surface area contributed by atoms with E-state index in [0.717, 1.165) is 6.20 Å². The molecule has 0 bridgehead atoms. The Morgan fingerprint density at radius 1 is 1.67 bits per heavy atom. The fourth-order valence-electron chi connectivity index (χ4n) is 1.73. The molecule has 1 heterocycles. The van der Waals surface area contributed by atoms with E-state index in [1.165, 1.54) is 10.9 Å². The quantitative estimate of drug-likeness (QED) is 0.573. The van der Waals surface area contributed by atoms with E-state index in [4.69, 9.17) is 0 Å². The van der Waals surface area contributed by atoms with Crippen molar-refractivity contribution in [1.82, 2.24) is 9.78 Å². The maximum atomic E-state index is 12.5. The number of halogens is 2. The summed E-state index contributed by atoms with van der Waals surface area (Å²) in [5.74, 6) is -2.68. The molecule has 0 N–H and O–H groups in total. The van der Waals surface area contributed by atoms with Crippen LogP contribution in [0.15, 0.2) is 12.4 Å². The summed E-state index contributed by atoms with van der Waals surface area (Å²) in [4.78, 5) is 9.76. The molecule has 1 aliphatic carbocycles. The molecule has 0 unspecified atom stereocenters. The van der Waals surface area contributed by atoms with Gasteiger partial charge in [-0.2, -0.15) is 5.10 Å². The van der Waals surface area contributed by atoms with Gasteiger partial charge in [-0.15, -0.1) is 0 Å². The Hall–Kier alpha value is -1.53. The van der Waals surface area contributed by atoms with E-state index in [1.807, 2.05) is 0 Å². The zero-order chi connectivity index (χ0) is 11.1. The Morgan fingerprint density at radius 3 is 2.80 bits per heavy atom. The molecule has 0 atom stereocenters. The minimum absolute atomic E-state index is 0.110. The van der Waals surface area contributed by atoms with Crippen LogP contribution in [0.4, 0.5) is 14.5 Å². The molecule has 0 aliphatic heterocycles. The summed E-state index contributed by atoms with van der Waals surface area (Å²) in [6.45, 7) is 0.323. The summed E-state index contributed by atoms with van der Waals surface area (Å²) in [5, 5.41) is 14.1. The summed E-state index contributed by atoms with van der Waals surface area (Å²) in [6.07, 6.45) is 2.08. The lowest BCUT2D eigenvalue weighted by molar-refractivity contribution is -0.385. The lowest BCUT2D eigenvalue weighted by Gasteiger charge is -2.34. The highest BCUT2D eigenvalue weighted by molar-refractivity contribution is 5.20. The van der Waals surface area contributed by atoms with Gasteiger partial charge in [0.2, 0.25) is 5.92 Å². The number of aromatic nitrogens is 2. The van der Waals surface area contributed by atoms with E-state index in [2.05, 4.69) is 5.10 Å². The minimum atomic E-state index is -2.55. The van der Waals surface area contributed by atoms with Gasteiger partial charge in [0.25, 0.3) is 0 Å². The van der Waals surface area contributed by atoms with Gasteiger partial charge in [0.15, 0.2) is 0 Å². The van der Waals surface area contributed by atoms with Crippen molar-refractivity contribution in [1.29, 1.82) is 0 Å². The molecule has 82 valence electrons. The minimum Gasteiger partial charge on any atom is -0.265 e. The number of hydrogen-bond acceptors (Lipinski definition) is 3. The first-order valence-electron chi connectivity index (χ1n) is 4.51. The number of nitrogens with zero attached hydrogens (tertiary/aromatic N) is 3. The predicted octanol–water partition coefficient (Wildman–Crippen LogP) is 1.84. The van der Waals surface area contributed by atoms with Gasteiger partial charge in [-0.25, -0.2) is 8.78 Å². The summed E-state index contributed by atoms with van der Waals surface area (Å²) < 4.78 is 26.3. The SMILES string of the molecule is O=[N+]([O-])c1cnn(CC2CC(F)(F)C2)c1. The third-order valence-corrected chi connectivity index (χ3v) is 2.45. The van der Waals surface area contributed by atoms with Gasteiger partial charge in [-0.3, -0.25) is 14.8 Å². The highest BCUT2D eigenvalue weighted by Crippen LogP contribution is 2.43. The Bertz CT molecular complexity index is 383. The van der Waals surface area contributed by atoms with Crippen molar-refractivity contribution in [2.45, 2.75) is 25.3 Å². The van der Waals surface area contributed by atoms with Gasteiger partial charge in [-0.05, 0) is 5.92 Å². The topological polar surface area (TPSA) is 61.0 Å². The molecule has 1 aromatic heterocycles. The molecule has 0 saturated heterocycles. The lowest BCUT2D eigenvalue weighted by atomic mass is 9.81. The molecular weight excluding hydrogens is 208 g/mol. The third kappa shape index (κ3) is 2.11. The molecule has 1 saturated carbocycles. The molecule has 0 spiro atoms. The Balaban J connectivity index is 1.92. The van der Waals surface area contributed by atoms with E-state index < -0.39 is 10.8 Å². The first kappa shape index (κ1) is 10.0. The lowest BCUT2D eigenvalue weighted by Crippen LogP contribution is -2.37. The first-order valence-corrected chi connectivity index (χ1v) is 4.51. The highest BCUT2D eigenvalue weighted by Gasteiger charge is 2.45. The number of nitro groups is 1. The van der Waals surface area contributed by atoms with Crippen LogP contribution in [0.1, 0.15) is 12.8 Å². The fraction of sp³-hybridized carbons (Fsp3) is 0.625. The second-order valence-corrected chi connectivity index (χ2v) is 3.81. The summed E-state index contributed by atoms with van der Waals surface area (Å²) >= 11 is 0. The van der Waals surface area contributed by atoms with Crippen LogP contribution in [0.25, 0.3) is 0 Å². The van der Waals surface area contributed by atoms with Crippen molar-refractivity contribution in [3.05, 3.63) is 22.5 Å². The number of alkyl halides is 2. The molecule has 0 radical (unpaired) electrons. The fourth-order valence-corrected chi connectivity index (χ4v) is 1.73. The highest BCUT2D eigenvalue weighted by atomic mass is 19.3. The van der Waals surface area contributed by atoms with Crippen molar-refractivity contribution >= 4 is 5.69 Å². The van der Waals surface area contributed by atoms with Gasteiger partial charge in [0.1, 0.15) is 12.4 Å². The van der Waals surface area contributed by atoms with E-state index in [-0.39, 0.29) is 24.4 Å². The van der Waals surface area contributed by atoms with Crippen LogP contribution in [0.5, 0.6) is 0 Å². The standard InChI is InChI=1S/C8H9F2N3O2/c9-8(10)1-6(2-8)4-12-5-7(3-11-12)13(14)15/h3,5-6H,1-2,4H2. The van der Waals surface area contributed by atoms with Crippen LogP contribution in [0.3, 0.4) is 0 Å². The second kappa shape index (κ2) is 3.25. The van der Waals surface area contributed by atoms with Crippen LogP contribution in [0, 0.1) is 16.0 Å². The molecule has 1 aliphatic rings. The monoisotopic (exact) mass is 217 g/mol. The summed E-state index contributed by atoms with van der Waals surface area (Å²) in [7, 11) is 0. The van der Waals surface area contributed by atoms with Crippen LogP contribution in [0.2, 0.25) is 0 Å². The van der Waals surface area contributed by atoms with Crippen molar-refractivity contribution < 1.29 is 13.7 Å². The van der Waals surface area contributed by atoms with E-state index in [9.17, 15) is 18.9 Å². The molecule has 5 nitrogen and oxygen atoms in total. The smallest absolute Gasteiger partial charge is 0.265 e. The van der Waals surface area contributed by atoms with Crippen molar-refractivity contribution in [2.24, 2.45) is 5.92 Å². The van der Waals surface area contributed by atoms with Crippen molar-refractivity contribution in [3.63, 3.8) is 0 Å². The van der Waals surface area contributed by atoms with Gasteiger partial charge in [0.05, 0.1) is 4.92 Å². The van der Waals surface area contributed by atoms with Crippen LogP contribution in [-0.2, 0) is 6.54 Å². The summed E-state index contributed by atoms with van der Waals surface area (Å²) in [6, 6.07) is 0. The largest absolute Gasteiger partial charge is 0.306 e. The maximum Gasteiger partial charge on any atom is 0.306 e. The maximum absolute atomic E-state index is 12.5. The normalized spacial score (nSPS) is 19.9. The van der Waals surface area contributed by atoms with Gasteiger partial charge < -0.3 is 0 Å². The van der Waals surface area contributed by atoms with Crippen LogP contribution >= 0.6 is 0 Å². The van der Waals surface area contributed by atoms with Gasteiger partial charge in [-0.1, -0.05) is 0 Å². The molecule has 0 amide bonds. The zero-order valence-electron chi connectivity index (χ0n) is 7.77. The predicted molar refractivity (Wildman–Crippen MR) is 46.6 cm³/mol. The van der Waals surface area contributed by atoms with Gasteiger partial charge in [0, 0.05) is 19.4 Å². The number of hydrogen-bond donors (Lipinski definition) is 0. The Morgan fingerprint density at radius 2 is 2.33 bits per heavy atom. The molecule has 0 aromatic carbocycles. The van der Waals surface area contributed by atoms with Crippen molar-refractivity contribution in [3.8, 4) is 0 Å². The summed E-state index contributed by atoms with van der Waals surface area (Å²) in [5.41, 5.74) is -0.110. The first-order chi connectivity index (χ1) is 6.96. The second-order valence-electron chi connectivity index (χ2n) is 3.81. The molecule has 7 heteroatoms. The van der Waals surface area contributed by atoms with E-state index in [1.54, 1.807) is 0 Å². The average molecular weight is 217 g/mol. The number of rotatable bonds is 3. The Labute approximate surface area is 83.8 Å². The molecule has 1 fully saturated rings. The zero-order valence-corrected chi connectivity index (χ0v) is 7.77. The Kier molecular flexibility index (Phi) is 2.17. The van der Waals surface area contributed by atoms with E-state index >= 15 is 0 Å². The van der Waals surface area contributed by atoms with Crippen LogP contribution in [-0.4, -0.2) is 20.6 Å². The molecule has 15 heavy (non-hydrogen) atoms. The van der Waals surface area contributed by atoms with Gasteiger partial charge >= 0.3 is 5.69 Å². The third-order valence-electron chi connectivity index (χ3n) is 2.45. The van der Waals surface area contributed by atoms with Crippen LogP contribution < -0.4 is 0 Å². The molecule has 1 aromatic rings. The van der Waals surface area contributed by atoms with Crippen molar-refractivity contribution in [2.75, 3.05) is 0 Å². The molecular formula is C8H9F2N3O2.